The first kappa shape index (κ1) is 25.6. The van der Waals surface area contributed by atoms with Gasteiger partial charge in [-0.25, -0.2) is 9.37 Å². The Labute approximate surface area is 210 Å². The summed E-state index contributed by atoms with van der Waals surface area (Å²) in [7, 11) is 1.77. The van der Waals surface area contributed by atoms with E-state index in [9.17, 15) is 18.8 Å². The van der Waals surface area contributed by atoms with Gasteiger partial charge in [0.05, 0.1) is 12.1 Å². The number of aromatic nitrogens is 1. The Balaban J connectivity index is 1.53. The van der Waals surface area contributed by atoms with Crippen LogP contribution in [0, 0.1) is 17.7 Å². The molecule has 1 saturated heterocycles. The molecule has 0 unspecified atom stereocenters. The van der Waals surface area contributed by atoms with Gasteiger partial charge in [0.25, 0.3) is 0 Å². The molecule has 2 fully saturated rings. The van der Waals surface area contributed by atoms with Gasteiger partial charge < -0.3 is 10.2 Å². The average Bonchev–Trinajstić information content (AvgIpc) is 3.56. The van der Waals surface area contributed by atoms with Gasteiger partial charge in [0.1, 0.15) is 22.3 Å². The number of nitrogens with one attached hydrogen (secondary N) is 1. The Hall–Kier alpha value is -2.45. The van der Waals surface area contributed by atoms with Gasteiger partial charge in [-0.3, -0.25) is 14.4 Å². The molecule has 1 N–H and O–H groups in total. The second kappa shape index (κ2) is 11.5. The highest BCUT2D eigenvalue weighted by Gasteiger charge is 2.40. The molecule has 4 rings (SSSR count). The molecule has 3 atom stereocenters. The van der Waals surface area contributed by atoms with E-state index in [0.717, 1.165) is 43.5 Å². The second-order valence-electron chi connectivity index (χ2n) is 9.78. The van der Waals surface area contributed by atoms with Gasteiger partial charge in [-0.2, -0.15) is 0 Å². The third-order valence-electron chi connectivity index (χ3n) is 7.56. The number of carbonyl (C=O) groups excluding carboxylic acids is 3. The highest BCUT2D eigenvalue weighted by molar-refractivity contribution is 7.10. The van der Waals surface area contributed by atoms with Crippen molar-refractivity contribution in [1.82, 2.24) is 15.2 Å². The fourth-order valence-electron chi connectivity index (χ4n) is 5.34. The van der Waals surface area contributed by atoms with Crippen molar-refractivity contribution < 1.29 is 18.8 Å². The maximum Gasteiger partial charge on any atom is 0.227 e. The number of hydrogen-bond donors (Lipinski definition) is 1. The first-order valence-corrected chi connectivity index (χ1v) is 13.5. The molecule has 0 spiro atoms. The molecule has 0 radical (unpaired) electrons. The van der Waals surface area contributed by atoms with Crippen LogP contribution in [0.5, 0.6) is 0 Å². The fraction of sp³-hybridized carbons (Fsp3) is 0.556. The number of rotatable bonds is 9. The zero-order valence-electron chi connectivity index (χ0n) is 20.5. The van der Waals surface area contributed by atoms with E-state index < -0.39 is 5.82 Å². The molecule has 2 aromatic rings. The number of carbonyl (C=O) groups is 3. The Bertz CT molecular complexity index is 1050. The number of benzene rings is 1. The lowest BCUT2D eigenvalue weighted by Gasteiger charge is -2.34. The van der Waals surface area contributed by atoms with Gasteiger partial charge >= 0.3 is 0 Å². The average molecular weight is 500 g/mol. The van der Waals surface area contributed by atoms with Crippen LogP contribution in [0.3, 0.4) is 0 Å². The monoisotopic (exact) mass is 499 g/mol. The second-order valence-corrected chi connectivity index (χ2v) is 10.7. The zero-order valence-corrected chi connectivity index (χ0v) is 21.3. The summed E-state index contributed by atoms with van der Waals surface area (Å²) >= 11 is 1.39. The lowest BCUT2D eigenvalue weighted by atomic mass is 9.76. The molecule has 1 aromatic carbocycles. The first-order chi connectivity index (χ1) is 16.9. The van der Waals surface area contributed by atoms with Crippen molar-refractivity contribution in [3.63, 3.8) is 0 Å². The normalized spacial score (nSPS) is 20.5. The number of likely N-dealkylation sites (tertiary alicyclic amines) is 1. The summed E-state index contributed by atoms with van der Waals surface area (Å²) in [5, 5.41) is 5.48. The van der Waals surface area contributed by atoms with Gasteiger partial charge in [-0.1, -0.05) is 19.3 Å². The third-order valence-corrected chi connectivity index (χ3v) is 8.50. The Kier molecular flexibility index (Phi) is 8.44. The van der Waals surface area contributed by atoms with Crippen molar-refractivity contribution in [1.29, 1.82) is 0 Å². The lowest BCUT2D eigenvalue weighted by Crippen LogP contribution is -2.42. The van der Waals surface area contributed by atoms with Crippen LogP contribution in [-0.2, 0) is 9.59 Å². The predicted octanol–water partition coefficient (Wildman–Crippen LogP) is 4.94. The number of likely N-dealkylation sites (N-methyl/N-ethyl adjacent to an activating group) is 1. The number of amides is 1. The van der Waals surface area contributed by atoms with Gasteiger partial charge in [0.2, 0.25) is 11.7 Å². The van der Waals surface area contributed by atoms with Gasteiger partial charge in [0, 0.05) is 29.8 Å². The van der Waals surface area contributed by atoms with Crippen LogP contribution in [0.1, 0.15) is 85.4 Å². The van der Waals surface area contributed by atoms with Gasteiger partial charge in [-0.05, 0) is 69.8 Å². The molecule has 1 aliphatic carbocycles. The minimum Gasteiger partial charge on any atom is -0.333 e. The molecule has 35 heavy (non-hydrogen) atoms. The van der Waals surface area contributed by atoms with E-state index in [1.165, 1.54) is 42.0 Å². The van der Waals surface area contributed by atoms with Crippen molar-refractivity contribution in [2.75, 3.05) is 13.6 Å². The molecule has 0 bridgehead atoms. The minimum atomic E-state index is -0.393. The Morgan fingerprint density at radius 2 is 1.83 bits per heavy atom. The van der Waals surface area contributed by atoms with E-state index in [2.05, 4.69) is 10.3 Å². The number of thiazole rings is 1. The fourth-order valence-corrected chi connectivity index (χ4v) is 6.29. The van der Waals surface area contributed by atoms with Crippen molar-refractivity contribution in [3.05, 3.63) is 51.7 Å². The Morgan fingerprint density at radius 1 is 1.11 bits per heavy atom. The standard InChI is InChI=1S/C27H34FN3O3S/c1-17(29-2)24(32)15-21(18-7-4-3-5-8-18)27(34)31-14-6-9-23(31)26-30-22(16-35-26)25(33)19-10-12-20(28)13-11-19/h10-13,16-18,21,23,29H,3-9,14-15H2,1-2H3/t17-,21-,23-/m0/s1. The summed E-state index contributed by atoms with van der Waals surface area (Å²) < 4.78 is 13.2. The van der Waals surface area contributed by atoms with E-state index in [0.29, 0.717) is 17.8 Å². The van der Waals surface area contributed by atoms with Crippen LogP contribution in [0.2, 0.25) is 0 Å². The van der Waals surface area contributed by atoms with E-state index >= 15 is 0 Å². The molecule has 1 aromatic heterocycles. The molecular formula is C27H34FN3O3S. The molecule has 1 saturated carbocycles. The smallest absolute Gasteiger partial charge is 0.227 e. The van der Waals surface area contributed by atoms with Crippen molar-refractivity contribution in [2.24, 2.45) is 11.8 Å². The Morgan fingerprint density at radius 3 is 2.51 bits per heavy atom. The van der Waals surface area contributed by atoms with Crippen molar-refractivity contribution in [3.8, 4) is 0 Å². The first-order valence-electron chi connectivity index (χ1n) is 12.6. The minimum absolute atomic E-state index is 0.0534. The molecule has 1 amide bonds. The van der Waals surface area contributed by atoms with Crippen LogP contribution in [0.25, 0.3) is 0 Å². The third kappa shape index (κ3) is 5.86. The summed E-state index contributed by atoms with van der Waals surface area (Å²) in [6, 6.07) is 4.99. The molecule has 2 heterocycles. The predicted molar refractivity (Wildman–Crippen MR) is 134 cm³/mol. The zero-order chi connectivity index (χ0) is 24.9. The molecule has 1 aliphatic heterocycles. The van der Waals surface area contributed by atoms with Crippen LogP contribution in [0.4, 0.5) is 4.39 Å². The lowest BCUT2D eigenvalue weighted by molar-refractivity contribution is -0.141. The van der Waals surface area contributed by atoms with E-state index in [4.69, 9.17) is 0 Å². The van der Waals surface area contributed by atoms with Crippen LogP contribution in [0.15, 0.2) is 29.6 Å². The van der Waals surface area contributed by atoms with Gasteiger partial charge in [-0.15, -0.1) is 11.3 Å². The quantitative estimate of drug-likeness (QED) is 0.495. The number of hydrogen-bond acceptors (Lipinski definition) is 6. The summed E-state index contributed by atoms with van der Waals surface area (Å²) in [5.41, 5.74) is 0.704. The van der Waals surface area contributed by atoms with E-state index in [1.807, 2.05) is 11.8 Å². The summed E-state index contributed by atoms with van der Waals surface area (Å²) in [5.74, 6) is -0.589. The van der Waals surface area contributed by atoms with Crippen LogP contribution < -0.4 is 5.32 Å². The molecule has 188 valence electrons. The number of nitrogens with zero attached hydrogens (tertiary/aromatic N) is 2. The largest absolute Gasteiger partial charge is 0.333 e. The molecule has 2 aliphatic rings. The number of ketones is 2. The highest BCUT2D eigenvalue weighted by Crippen LogP contribution is 2.39. The van der Waals surface area contributed by atoms with Gasteiger partial charge in [0.15, 0.2) is 0 Å². The SMILES string of the molecule is CN[C@@H](C)C(=O)C[C@H](C(=O)N1CCC[C@H]1c1nc(C(=O)c2ccc(F)cc2)cs1)C1CCCCC1. The number of halogens is 1. The van der Waals surface area contributed by atoms with Crippen LogP contribution in [-0.4, -0.2) is 47.0 Å². The number of Topliss-reactive ketones (excluding diaryl/α,β-unsaturated/α-hetero) is 1. The van der Waals surface area contributed by atoms with Crippen molar-refractivity contribution >= 4 is 28.8 Å². The van der Waals surface area contributed by atoms with Crippen molar-refractivity contribution in [2.45, 2.75) is 70.4 Å². The summed E-state index contributed by atoms with van der Waals surface area (Å²) in [6.45, 7) is 2.49. The topological polar surface area (TPSA) is 79.4 Å². The molecular weight excluding hydrogens is 465 g/mol. The summed E-state index contributed by atoms with van der Waals surface area (Å²) in [4.78, 5) is 46.1. The van der Waals surface area contributed by atoms with E-state index in [-0.39, 0.29) is 47.8 Å². The summed E-state index contributed by atoms with van der Waals surface area (Å²) in [6.07, 6.45) is 7.31. The highest BCUT2D eigenvalue weighted by atomic mass is 32.1. The maximum absolute atomic E-state index is 13.9. The molecule has 8 heteroatoms. The maximum atomic E-state index is 13.9. The molecule has 6 nitrogen and oxygen atoms in total. The van der Waals surface area contributed by atoms with Crippen LogP contribution >= 0.6 is 11.3 Å². The van der Waals surface area contributed by atoms with E-state index in [1.54, 1.807) is 12.4 Å².